The van der Waals surface area contributed by atoms with Gasteiger partial charge in [0.25, 0.3) is 0 Å². The number of carbonyl (C=O) groups excluding carboxylic acids is 1. The molecule has 2 aromatic rings. The molecule has 1 atom stereocenters. The van der Waals surface area contributed by atoms with Crippen molar-refractivity contribution in [2.45, 2.75) is 38.3 Å². The van der Waals surface area contributed by atoms with Crippen LogP contribution in [0.15, 0.2) is 17.5 Å². The van der Waals surface area contributed by atoms with E-state index in [1.54, 1.807) is 5.38 Å². The van der Waals surface area contributed by atoms with E-state index in [9.17, 15) is 27.9 Å². The summed E-state index contributed by atoms with van der Waals surface area (Å²) in [7, 11) is 0. The van der Waals surface area contributed by atoms with Gasteiger partial charge in [-0.05, 0) is 19.1 Å². The molecule has 0 spiro atoms. The van der Waals surface area contributed by atoms with Crippen LogP contribution in [0.5, 0.6) is 0 Å². The predicted molar refractivity (Wildman–Crippen MR) is 103 cm³/mol. The number of aromatic carboxylic acids is 1. The maximum atomic E-state index is 12.0. The summed E-state index contributed by atoms with van der Waals surface area (Å²) in [5.41, 5.74) is 0.605. The van der Waals surface area contributed by atoms with E-state index >= 15 is 0 Å². The van der Waals surface area contributed by atoms with Gasteiger partial charge in [-0.3, -0.25) is 4.74 Å². The number of halogens is 3. The number of thiophene rings is 1. The highest BCUT2D eigenvalue weighted by molar-refractivity contribution is 7.17. The molecule has 1 fully saturated rings. The van der Waals surface area contributed by atoms with Crippen LogP contribution < -0.4 is 10.2 Å². The zero-order valence-corrected chi connectivity index (χ0v) is 16.8. The number of hydrogen-bond donors (Lipinski definition) is 2. The zero-order valence-electron chi connectivity index (χ0n) is 15.9. The molecule has 1 unspecified atom stereocenters. The SMILES string of the molecule is CC(COC(F)(F)F)NC(=O)OC1CCN(c2ccc3scc(C(=O)O)c3n2)CC1. The molecule has 3 rings (SSSR count). The molecular weight excluding hydrogens is 427 g/mol. The van der Waals surface area contributed by atoms with E-state index in [-0.39, 0.29) is 11.7 Å². The Kier molecular flexibility index (Phi) is 6.66. The molecule has 1 aliphatic rings. The lowest BCUT2D eigenvalue weighted by Crippen LogP contribution is -2.42. The van der Waals surface area contributed by atoms with Gasteiger partial charge in [0.1, 0.15) is 11.9 Å². The van der Waals surface area contributed by atoms with Crippen molar-refractivity contribution in [3.05, 3.63) is 23.1 Å². The number of anilines is 1. The average molecular weight is 447 g/mol. The van der Waals surface area contributed by atoms with Crippen molar-refractivity contribution in [2.75, 3.05) is 24.6 Å². The van der Waals surface area contributed by atoms with Crippen LogP contribution >= 0.6 is 11.3 Å². The maximum absolute atomic E-state index is 12.0. The summed E-state index contributed by atoms with van der Waals surface area (Å²) in [5.74, 6) is -0.386. The molecule has 2 aromatic heterocycles. The van der Waals surface area contributed by atoms with E-state index in [2.05, 4.69) is 15.0 Å². The highest BCUT2D eigenvalue weighted by Gasteiger charge is 2.30. The molecule has 8 nitrogen and oxygen atoms in total. The van der Waals surface area contributed by atoms with Gasteiger partial charge >= 0.3 is 18.4 Å². The quantitative estimate of drug-likeness (QED) is 0.698. The van der Waals surface area contributed by atoms with Crippen LogP contribution in [-0.2, 0) is 9.47 Å². The summed E-state index contributed by atoms with van der Waals surface area (Å²) in [6.45, 7) is 1.75. The number of nitrogens with zero attached hydrogens (tertiary/aromatic N) is 2. The average Bonchev–Trinajstić information content (AvgIpc) is 3.10. The Balaban J connectivity index is 1.50. The largest absolute Gasteiger partial charge is 0.522 e. The van der Waals surface area contributed by atoms with Gasteiger partial charge in [0.2, 0.25) is 0 Å². The molecule has 0 saturated carbocycles. The van der Waals surface area contributed by atoms with Crippen molar-refractivity contribution in [1.29, 1.82) is 0 Å². The van der Waals surface area contributed by atoms with Crippen LogP contribution in [0.3, 0.4) is 0 Å². The number of fused-ring (bicyclic) bond motifs is 1. The maximum Gasteiger partial charge on any atom is 0.522 e. The smallest absolute Gasteiger partial charge is 0.478 e. The molecule has 2 N–H and O–H groups in total. The van der Waals surface area contributed by atoms with Gasteiger partial charge in [-0.15, -0.1) is 24.5 Å². The lowest BCUT2D eigenvalue weighted by Gasteiger charge is -2.32. The molecular formula is C18H20F3N3O5S. The Morgan fingerprint density at radius 1 is 1.37 bits per heavy atom. The minimum Gasteiger partial charge on any atom is -0.478 e. The van der Waals surface area contributed by atoms with Crippen molar-refractivity contribution < 1.29 is 37.3 Å². The van der Waals surface area contributed by atoms with Gasteiger partial charge in [-0.25, -0.2) is 14.6 Å². The van der Waals surface area contributed by atoms with Gasteiger partial charge in [-0.2, -0.15) is 0 Å². The van der Waals surface area contributed by atoms with Crippen molar-refractivity contribution in [3.63, 3.8) is 0 Å². The van der Waals surface area contributed by atoms with Gasteiger partial charge in [0.15, 0.2) is 0 Å². The van der Waals surface area contributed by atoms with E-state index in [0.29, 0.717) is 37.3 Å². The van der Waals surface area contributed by atoms with Crippen molar-refractivity contribution >= 4 is 39.4 Å². The summed E-state index contributed by atoms with van der Waals surface area (Å²) < 4.78 is 45.8. The van der Waals surface area contributed by atoms with E-state index in [0.717, 1.165) is 4.70 Å². The third kappa shape index (κ3) is 5.72. The molecule has 0 aliphatic carbocycles. The Morgan fingerprint density at radius 2 is 2.07 bits per heavy atom. The second-order valence-electron chi connectivity index (χ2n) is 6.86. The Morgan fingerprint density at radius 3 is 2.70 bits per heavy atom. The van der Waals surface area contributed by atoms with E-state index in [1.165, 1.54) is 18.3 Å². The minimum atomic E-state index is -4.75. The summed E-state index contributed by atoms with van der Waals surface area (Å²) >= 11 is 1.32. The van der Waals surface area contributed by atoms with E-state index in [4.69, 9.17) is 4.74 Å². The summed E-state index contributed by atoms with van der Waals surface area (Å²) in [5, 5.41) is 13.1. The third-order valence-corrected chi connectivity index (χ3v) is 5.47. The predicted octanol–water partition coefficient (Wildman–Crippen LogP) is 3.61. The normalized spacial score (nSPS) is 16.5. The fourth-order valence-electron chi connectivity index (χ4n) is 3.08. The lowest BCUT2D eigenvalue weighted by molar-refractivity contribution is -0.325. The Hall–Kier alpha value is -2.60. The minimum absolute atomic E-state index is 0.162. The van der Waals surface area contributed by atoms with Gasteiger partial charge in [0.05, 0.1) is 28.4 Å². The first-order valence-electron chi connectivity index (χ1n) is 9.16. The topological polar surface area (TPSA) is 101 Å². The monoisotopic (exact) mass is 447 g/mol. The lowest BCUT2D eigenvalue weighted by atomic mass is 10.1. The Bertz CT molecular complexity index is 912. The molecule has 1 saturated heterocycles. The molecule has 164 valence electrons. The highest BCUT2D eigenvalue weighted by Crippen LogP contribution is 2.28. The summed E-state index contributed by atoms with van der Waals surface area (Å²) in [4.78, 5) is 29.6. The number of rotatable bonds is 6. The number of hydrogen-bond acceptors (Lipinski definition) is 7. The highest BCUT2D eigenvalue weighted by atomic mass is 32.1. The van der Waals surface area contributed by atoms with Gasteiger partial charge in [-0.1, -0.05) is 0 Å². The number of piperidine rings is 1. The van der Waals surface area contributed by atoms with Crippen LogP contribution in [-0.4, -0.2) is 60.4 Å². The second-order valence-corrected chi connectivity index (χ2v) is 7.78. The first-order chi connectivity index (χ1) is 14.1. The molecule has 3 heterocycles. The fourth-order valence-corrected chi connectivity index (χ4v) is 3.95. The number of alkyl halides is 3. The molecule has 1 amide bonds. The van der Waals surface area contributed by atoms with Crippen LogP contribution in [0.25, 0.3) is 10.2 Å². The van der Waals surface area contributed by atoms with Crippen LogP contribution in [0, 0.1) is 0 Å². The number of nitrogens with one attached hydrogen (secondary N) is 1. The van der Waals surface area contributed by atoms with Gasteiger partial charge < -0.3 is 20.1 Å². The standard InChI is InChI=1S/C18H20F3N3O5S/c1-10(8-28-18(19,20)21)22-17(27)29-11-4-6-24(7-5-11)14-3-2-13-15(23-14)12(9-30-13)16(25)26/h2-3,9-11H,4-8H2,1H3,(H,22,27)(H,25,26). The first kappa shape index (κ1) is 22.1. The number of aromatic nitrogens is 1. The number of amides is 1. The van der Waals surface area contributed by atoms with Crippen LogP contribution in [0.1, 0.15) is 30.1 Å². The molecule has 12 heteroatoms. The number of carboxylic acid groups (broad SMARTS) is 1. The molecule has 0 aromatic carbocycles. The van der Waals surface area contributed by atoms with Crippen molar-refractivity contribution in [1.82, 2.24) is 10.3 Å². The summed E-state index contributed by atoms with van der Waals surface area (Å²) in [6.07, 6.45) is -4.91. The number of ether oxygens (including phenoxy) is 2. The number of carboxylic acids is 1. The first-order valence-corrected chi connectivity index (χ1v) is 10.0. The number of alkyl carbamates (subject to hydrolysis) is 1. The van der Waals surface area contributed by atoms with E-state index in [1.807, 2.05) is 17.0 Å². The number of carbonyl (C=O) groups is 2. The van der Waals surface area contributed by atoms with E-state index < -0.39 is 31.1 Å². The van der Waals surface area contributed by atoms with Crippen LogP contribution in [0.2, 0.25) is 0 Å². The molecule has 0 bridgehead atoms. The van der Waals surface area contributed by atoms with Crippen molar-refractivity contribution in [2.24, 2.45) is 0 Å². The Labute approximate surface area is 173 Å². The molecule has 1 aliphatic heterocycles. The fraction of sp³-hybridized carbons (Fsp3) is 0.500. The number of pyridine rings is 1. The van der Waals surface area contributed by atoms with Crippen LogP contribution in [0.4, 0.5) is 23.8 Å². The molecule has 0 radical (unpaired) electrons. The summed E-state index contributed by atoms with van der Waals surface area (Å²) in [6, 6.07) is 2.79. The second kappa shape index (κ2) is 9.04. The van der Waals surface area contributed by atoms with Gasteiger partial charge in [0, 0.05) is 31.3 Å². The molecule has 30 heavy (non-hydrogen) atoms. The van der Waals surface area contributed by atoms with Crippen molar-refractivity contribution in [3.8, 4) is 0 Å². The third-order valence-electron chi connectivity index (χ3n) is 4.53. The zero-order chi connectivity index (χ0) is 21.9.